The summed E-state index contributed by atoms with van der Waals surface area (Å²) in [5, 5.41) is 8.97. The van der Waals surface area contributed by atoms with Crippen LogP contribution in [0.5, 0.6) is 5.75 Å². The molecule has 0 amide bonds. The van der Waals surface area contributed by atoms with Gasteiger partial charge in [0.15, 0.2) is 11.0 Å². The number of carbonyl (C=O) groups is 1. The number of hydrogen-bond donors (Lipinski definition) is 0. The van der Waals surface area contributed by atoms with E-state index in [-0.39, 0.29) is 5.97 Å². The number of ether oxygens (including phenoxy) is 2. The molecule has 0 spiro atoms. The minimum Gasteiger partial charge on any atom is -0.486 e. The van der Waals surface area contributed by atoms with Gasteiger partial charge in [0.2, 0.25) is 0 Å². The highest BCUT2D eigenvalue weighted by Gasteiger charge is 2.32. The first kappa shape index (κ1) is 18.3. The molecule has 24 heavy (non-hydrogen) atoms. The number of benzene rings is 1. The van der Waals surface area contributed by atoms with Gasteiger partial charge in [0.1, 0.15) is 17.1 Å². The van der Waals surface area contributed by atoms with Gasteiger partial charge in [0.05, 0.1) is 6.61 Å². The van der Waals surface area contributed by atoms with E-state index in [0.717, 1.165) is 11.3 Å². The van der Waals surface area contributed by atoms with Crippen molar-refractivity contribution in [3.63, 3.8) is 0 Å². The molecule has 1 aromatic carbocycles. The van der Waals surface area contributed by atoms with Crippen molar-refractivity contribution in [2.45, 2.75) is 44.2 Å². The Morgan fingerprint density at radius 2 is 2.08 bits per heavy atom. The summed E-state index contributed by atoms with van der Waals surface area (Å²) in [7, 11) is 1.86. The Morgan fingerprint density at radius 3 is 2.75 bits per heavy atom. The molecule has 0 bridgehead atoms. The molecule has 0 aliphatic carbocycles. The maximum absolute atomic E-state index is 12.0. The van der Waals surface area contributed by atoms with Gasteiger partial charge in [-0.15, -0.1) is 10.2 Å². The van der Waals surface area contributed by atoms with Gasteiger partial charge in [-0.1, -0.05) is 23.9 Å². The van der Waals surface area contributed by atoms with Gasteiger partial charge in [0.25, 0.3) is 0 Å². The standard InChI is InChI=1S/C17H23N3O3S/c1-6-22-15(21)17(3,4)24-16-19-18-14(20(16)5)11-23-13-9-7-8-12(2)10-13/h7-10H,6,11H2,1-5H3. The number of aromatic nitrogens is 3. The van der Waals surface area contributed by atoms with Crippen LogP contribution in [0.4, 0.5) is 0 Å². The quantitative estimate of drug-likeness (QED) is 0.565. The van der Waals surface area contributed by atoms with Crippen LogP contribution < -0.4 is 4.74 Å². The number of thioether (sulfide) groups is 1. The second-order valence-electron chi connectivity index (χ2n) is 5.90. The van der Waals surface area contributed by atoms with Crippen molar-refractivity contribution in [2.24, 2.45) is 7.05 Å². The van der Waals surface area contributed by atoms with Crippen molar-refractivity contribution in [2.75, 3.05) is 6.61 Å². The van der Waals surface area contributed by atoms with E-state index in [1.165, 1.54) is 11.8 Å². The van der Waals surface area contributed by atoms with E-state index >= 15 is 0 Å². The molecular weight excluding hydrogens is 326 g/mol. The fourth-order valence-corrected chi connectivity index (χ4v) is 2.91. The average molecular weight is 349 g/mol. The number of aryl methyl sites for hydroxylation is 1. The smallest absolute Gasteiger partial charge is 0.322 e. The summed E-state index contributed by atoms with van der Waals surface area (Å²) < 4.78 is 12.0. The van der Waals surface area contributed by atoms with Crippen LogP contribution in [0.25, 0.3) is 0 Å². The van der Waals surface area contributed by atoms with Gasteiger partial charge < -0.3 is 14.0 Å². The Kier molecular flexibility index (Phi) is 5.88. The van der Waals surface area contributed by atoms with E-state index in [2.05, 4.69) is 10.2 Å². The van der Waals surface area contributed by atoms with E-state index in [9.17, 15) is 4.79 Å². The minimum atomic E-state index is -0.731. The molecule has 130 valence electrons. The number of hydrogen-bond acceptors (Lipinski definition) is 6. The Morgan fingerprint density at radius 1 is 1.33 bits per heavy atom. The lowest BCUT2D eigenvalue weighted by molar-refractivity contribution is -0.145. The summed E-state index contributed by atoms with van der Waals surface area (Å²) in [5.41, 5.74) is 1.14. The van der Waals surface area contributed by atoms with Crippen molar-refractivity contribution < 1.29 is 14.3 Å². The van der Waals surface area contributed by atoms with Crippen LogP contribution in [0.1, 0.15) is 32.2 Å². The lowest BCUT2D eigenvalue weighted by atomic mass is 10.2. The highest BCUT2D eigenvalue weighted by Crippen LogP contribution is 2.32. The van der Waals surface area contributed by atoms with Crippen molar-refractivity contribution >= 4 is 17.7 Å². The van der Waals surface area contributed by atoms with Crippen LogP contribution in [0.3, 0.4) is 0 Å². The van der Waals surface area contributed by atoms with Crippen LogP contribution >= 0.6 is 11.8 Å². The SMILES string of the molecule is CCOC(=O)C(C)(C)Sc1nnc(COc2cccc(C)c2)n1C. The molecule has 2 aromatic rings. The Hall–Kier alpha value is -2.02. The summed E-state index contributed by atoms with van der Waals surface area (Å²) in [6.45, 7) is 8.11. The van der Waals surface area contributed by atoms with Crippen LogP contribution in [-0.4, -0.2) is 32.1 Å². The largest absolute Gasteiger partial charge is 0.486 e. The number of rotatable bonds is 7. The predicted octanol–water partition coefficient (Wildman–Crippen LogP) is 3.14. The van der Waals surface area contributed by atoms with Gasteiger partial charge in [0, 0.05) is 7.05 Å². The summed E-state index contributed by atoms with van der Waals surface area (Å²) in [5.74, 6) is 1.22. The molecule has 0 saturated carbocycles. The third-order valence-electron chi connectivity index (χ3n) is 3.40. The monoisotopic (exact) mass is 349 g/mol. The Bertz CT molecular complexity index is 713. The molecule has 6 nitrogen and oxygen atoms in total. The fourth-order valence-electron chi connectivity index (χ4n) is 1.99. The molecule has 0 radical (unpaired) electrons. The molecule has 0 fully saturated rings. The van der Waals surface area contributed by atoms with Gasteiger partial charge in [-0.3, -0.25) is 4.79 Å². The normalized spacial score (nSPS) is 11.4. The summed E-state index contributed by atoms with van der Waals surface area (Å²) >= 11 is 1.32. The maximum Gasteiger partial charge on any atom is 0.322 e. The van der Waals surface area contributed by atoms with Crippen molar-refractivity contribution in [1.29, 1.82) is 0 Å². The molecule has 0 atom stereocenters. The van der Waals surface area contributed by atoms with Crippen LogP contribution in [0.2, 0.25) is 0 Å². The molecule has 7 heteroatoms. The summed E-state index contributed by atoms with van der Waals surface area (Å²) in [6.07, 6.45) is 0. The van der Waals surface area contributed by atoms with Gasteiger partial charge in [-0.25, -0.2) is 0 Å². The zero-order valence-electron chi connectivity index (χ0n) is 14.7. The van der Waals surface area contributed by atoms with Crippen LogP contribution in [0, 0.1) is 6.92 Å². The molecule has 1 heterocycles. The van der Waals surface area contributed by atoms with Crippen molar-refractivity contribution in [3.05, 3.63) is 35.7 Å². The second kappa shape index (κ2) is 7.70. The molecule has 0 N–H and O–H groups in total. The fraction of sp³-hybridized carbons (Fsp3) is 0.471. The third kappa shape index (κ3) is 4.50. The number of nitrogens with zero attached hydrogens (tertiary/aromatic N) is 3. The molecule has 0 saturated heterocycles. The average Bonchev–Trinajstić information content (AvgIpc) is 2.85. The highest BCUT2D eigenvalue weighted by molar-refractivity contribution is 8.01. The predicted molar refractivity (Wildman–Crippen MR) is 93.1 cm³/mol. The maximum atomic E-state index is 12.0. The molecule has 0 aliphatic rings. The first-order chi connectivity index (χ1) is 11.3. The molecule has 0 unspecified atom stereocenters. The molecule has 2 rings (SSSR count). The molecule has 0 aliphatic heterocycles. The highest BCUT2D eigenvalue weighted by atomic mass is 32.2. The van der Waals surface area contributed by atoms with Gasteiger partial charge in [-0.2, -0.15) is 0 Å². The first-order valence-corrected chi connectivity index (χ1v) is 8.59. The lowest BCUT2D eigenvalue weighted by Gasteiger charge is -2.20. The lowest BCUT2D eigenvalue weighted by Crippen LogP contribution is -2.30. The van der Waals surface area contributed by atoms with Crippen LogP contribution in [0.15, 0.2) is 29.4 Å². The third-order valence-corrected chi connectivity index (χ3v) is 4.61. The molecule has 1 aromatic heterocycles. The molecular formula is C17H23N3O3S. The van der Waals surface area contributed by atoms with Gasteiger partial charge >= 0.3 is 5.97 Å². The number of carbonyl (C=O) groups excluding carboxylic acids is 1. The summed E-state index contributed by atoms with van der Waals surface area (Å²) in [6, 6.07) is 7.84. The Labute approximate surface area is 146 Å². The van der Waals surface area contributed by atoms with Crippen molar-refractivity contribution in [1.82, 2.24) is 14.8 Å². The van der Waals surface area contributed by atoms with E-state index in [1.807, 2.05) is 56.7 Å². The Balaban J connectivity index is 2.04. The zero-order valence-corrected chi connectivity index (χ0v) is 15.5. The first-order valence-electron chi connectivity index (χ1n) is 7.77. The van der Waals surface area contributed by atoms with E-state index < -0.39 is 4.75 Å². The minimum absolute atomic E-state index is 0.268. The topological polar surface area (TPSA) is 66.2 Å². The van der Waals surface area contributed by atoms with Crippen LogP contribution in [-0.2, 0) is 23.2 Å². The van der Waals surface area contributed by atoms with Crippen molar-refractivity contribution in [3.8, 4) is 5.75 Å². The zero-order chi connectivity index (χ0) is 17.7. The van der Waals surface area contributed by atoms with E-state index in [4.69, 9.17) is 9.47 Å². The second-order valence-corrected chi connectivity index (χ2v) is 7.49. The number of esters is 1. The summed E-state index contributed by atoms with van der Waals surface area (Å²) in [4.78, 5) is 12.0. The van der Waals surface area contributed by atoms with E-state index in [0.29, 0.717) is 24.2 Å². The van der Waals surface area contributed by atoms with E-state index in [1.54, 1.807) is 6.92 Å². The van der Waals surface area contributed by atoms with Gasteiger partial charge in [-0.05, 0) is 45.4 Å².